The molecule has 0 fully saturated rings. The highest BCUT2D eigenvalue weighted by atomic mass is 32.1. The van der Waals surface area contributed by atoms with Crippen molar-refractivity contribution >= 4 is 23.9 Å². The first-order valence-electron chi connectivity index (χ1n) is 7.27. The smallest absolute Gasteiger partial charge is 0.0934 e. The lowest BCUT2D eigenvalue weighted by atomic mass is 10.1. The van der Waals surface area contributed by atoms with Crippen molar-refractivity contribution in [2.45, 2.75) is 45.5 Å². The Morgan fingerprint density at radius 3 is 2.35 bits per heavy atom. The monoisotopic (exact) mass is 304 g/mol. The Balaban J connectivity index is 1.90. The van der Waals surface area contributed by atoms with Crippen LogP contribution >= 0.6 is 11.3 Å². The molecular formula is C17H24OSSi. The predicted octanol–water partition coefficient (Wildman–Crippen LogP) is 4.10. The molecule has 0 aliphatic carbocycles. The van der Waals surface area contributed by atoms with Crippen molar-refractivity contribution in [3.63, 3.8) is 0 Å². The molecule has 1 nitrogen and oxygen atoms in total. The van der Waals surface area contributed by atoms with Gasteiger partial charge in [0.25, 0.3) is 0 Å². The molecule has 20 heavy (non-hydrogen) atoms. The number of aryl methyl sites for hydroxylation is 2. The maximum absolute atomic E-state index is 9.19. The fourth-order valence-corrected chi connectivity index (χ4v) is 6.70. The third kappa shape index (κ3) is 4.04. The van der Waals surface area contributed by atoms with Crippen LogP contribution in [0, 0.1) is 6.92 Å². The van der Waals surface area contributed by atoms with E-state index in [9.17, 15) is 5.11 Å². The zero-order valence-corrected chi connectivity index (χ0v) is 14.5. The van der Waals surface area contributed by atoms with Crippen molar-refractivity contribution in [1.82, 2.24) is 0 Å². The lowest BCUT2D eigenvalue weighted by molar-refractivity contribution is 0.285. The molecule has 1 aromatic carbocycles. The van der Waals surface area contributed by atoms with Crippen LogP contribution in [0.5, 0.6) is 0 Å². The van der Waals surface area contributed by atoms with Crippen molar-refractivity contribution in [2.75, 3.05) is 0 Å². The van der Waals surface area contributed by atoms with Gasteiger partial charge in [0.2, 0.25) is 0 Å². The highest BCUT2D eigenvalue weighted by Gasteiger charge is 2.24. The third-order valence-electron chi connectivity index (χ3n) is 3.87. The number of hydrogen-bond donors (Lipinski definition) is 1. The Hall–Kier alpha value is -0.903. The van der Waals surface area contributed by atoms with Crippen molar-refractivity contribution in [1.29, 1.82) is 0 Å². The molecule has 0 radical (unpaired) electrons. The molecule has 0 amide bonds. The molecule has 2 rings (SSSR count). The first-order valence-corrected chi connectivity index (χ1v) is 11.3. The summed E-state index contributed by atoms with van der Waals surface area (Å²) in [5, 5.41) is 9.19. The average molecular weight is 305 g/mol. The van der Waals surface area contributed by atoms with Gasteiger partial charge < -0.3 is 5.11 Å². The SMILES string of the molecule is Cc1ccc(CCC[Si](C)(C)c2ccc(CO)s2)cc1. The van der Waals surface area contributed by atoms with Crippen LogP contribution in [-0.2, 0) is 13.0 Å². The number of benzene rings is 1. The molecule has 0 bridgehead atoms. The summed E-state index contributed by atoms with van der Waals surface area (Å²) in [6, 6.07) is 14.5. The van der Waals surface area contributed by atoms with E-state index < -0.39 is 8.07 Å². The second-order valence-electron chi connectivity index (χ2n) is 6.15. The lowest BCUT2D eigenvalue weighted by Crippen LogP contribution is -2.38. The van der Waals surface area contributed by atoms with Gasteiger partial charge in [0.05, 0.1) is 14.7 Å². The lowest BCUT2D eigenvalue weighted by Gasteiger charge is -2.20. The fourth-order valence-electron chi connectivity index (χ4n) is 2.44. The Bertz CT molecular complexity index is 542. The van der Waals surface area contributed by atoms with Gasteiger partial charge in [0.15, 0.2) is 0 Å². The normalized spacial score (nSPS) is 11.8. The number of hydrogen-bond acceptors (Lipinski definition) is 2. The summed E-state index contributed by atoms with van der Waals surface area (Å²) < 4.78 is 1.52. The van der Waals surface area contributed by atoms with Crippen molar-refractivity contribution < 1.29 is 5.11 Å². The van der Waals surface area contributed by atoms with Crippen LogP contribution in [0.2, 0.25) is 19.1 Å². The van der Waals surface area contributed by atoms with Crippen LogP contribution in [0.1, 0.15) is 22.4 Å². The first-order chi connectivity index (χ1) is 9.51. The standard InChI is InChI=1S/C17H24OSSi/c1-14-6-8-15(9-7-14)5-4-12-20(2,3)17-11-10-16(13-18)19-17/h6-11,18H,4-5,12-13H2,1-3H3. The van der Waals surface area contributed by atoms with Gasteiger partial charge in [-0.3, -0.25) is 0 Å². The molecule has 0 spiro atoms. The highest BCUT2D eigenvalue weighted by Crippen LogP contribution is 2.20. The van der Waals surface area contributed by atoms with E-state index in [1.807, 2.05) is 0 Å². The summed E-state index contributed by atoms with van der Waals surface area (Å²) >= 11 is 1.80. The number of aliphatic hydroxyl groups excluding tert-OH is 1. The largest absolute Gasteiger partial charge is 0.391 e. The van der Waals surface area contributed by atoms with Gasteiger partial charge in [-0.25, -0.2) is 0 Å². The van der Waals surface area contributed by atoms with Gasteiger partial charge in [-0.05, 0) is 29.5 Å². The van der Waals surface area contributed by atoms with E-state index in [-0.39, 0.29) is 6.61 Å². The highest BCUT2D eigenvalue weighted by molar-refractivity contribution is 7.26. The van der Waals surface area contributed by atoms with Gasteiger partial charge in [-0.2, -0.15) is 0 Å². The zero-order chi connectivity index (χ0) is 14.6. The fraction of sp³-hybridized carbons (Fsp3) is 0.412. The number of thiophene rings is 1. The van der Waals surface area contributed by atoms with E-state index in [1.54, 1.807) is 11.3 Å². The second-order valence-corrected chi connectivity index (χ2v) is 12.5. The Morgan fingerprint density at radius 1 is 1.05 bits per heavy atom. The number of aliphatic hydroxyl groups is 1. The summed E-state index contributed by atoms with van der Waals surface area (Å²) in [4.78, 5) is 1.10. The molecule has 0 saturated heterocycles. The van der Waals surface area contributed by atoms with E-state index in [1.165, 1.54) is 34.5 Å². The molecule has 2 aromatic rings. The molecule has 0 unspecified atom stereocenters. The molecule has 1 N–H and O–H groups in total. The summed E-state index contributed by atoms with van der Waals surface area (Å²) in [7, 11) is -1.33. The second kappa shape index (κ2) is 6.70. The van der Waals surface area contributed by atoms with Gasteiger partial charge >= 0.3 is 0 Å². The van der Waals surface area contributed by atoms with E-state index in [0.29, 0.717) is 0 Å². The molecule has 108 valence electrons. The van der Waals surface area contributed by atoms with Gasteiger partial charge in [0, 0.05) is 4.88 Å². The molecule has 0 atom stereocenters. The van der Waals surface area contributed by atoms with Gasteiger partial charge in [-0.1, -0.05) is 61.5 Å². The summed E-state index contributed by atoms with van der Waals surface area (Å²) in [5.74, 6) is 0. The van der Waals surface area contributed by atoms with Crippen molar-refractivity contribution in [3.05, 3.63) is 52.4 Å². The quantitative estimate of drug-likeness (QED) is 0.797. The predicted molar refractivity (Wildman–Crippen MR) is 91.7 cm³/mol. The van der Waals surface area contributed by atoms with Gasteiger partial charge in [0.1, 0.15) is 0 Å². The Kier molecular flexibility index (Phi) is 5.19. The Morgan fingerprint density at radius 2 is 1.75 bits per heavy atom. The minimum absolute atomic E-state index is 0.179. The molecule has 1 aromatic heterocycles. The molecule has 1 heterocycles. The van der Waals surface area contributed by atoms with Crippen LogP contribution in [-0.4, -0.2) is 13.2 Å². The summed E-state index contributed by atoms with van der Waals surface area (Å²) in [5.41, 5.74) is 2.78. The van der Waals surface area contributed by atoms with Crippen LogP contribution in [0.3, 0.4) is 0 Å². The molecule has 0 aliphatic rings. The Labute approximate surface area is 127 Å². The maximum Gasteiger partial charge on any atom is 0.0934 e. The van der Waals surface area contributed by atoms with Crippen molar-refractivity contribution in [2.24, 2.45) is 0 Å². The van der Waals surface area contributed by atoms with E-state index in [4.69, 9.17) is 0 Å². The molecule has 0 saturated carbocycles. The van der Waals surface area contributed by atoms with Crippen LogP contribution in [0.25, 0.3) is 0 Å². The van der Waals surface area contributed by atoms with Crippen LogP contribution in [0.15, 0.2) is 36.4 Å². The van der Waals surface area contributed by atoms with E-state index in [0.717, 1.165) is 4.88 Å². The van der Waals surface area contributed by atoms with Crippen LogP contribution < -0.4 is 4.50 Å². The topological polar surface area (TPSA) is 20.2 Å². The third-order valence-corrected chi connectivity index (χ3v) is 9.82. The number of rotatable bonds is 6. The minimum Gasteiger partial charge on any atom is -0.391 e. The minimum atomic E-state index is -1.33. The summed E-state index contributed by atoms with van der Waals surface area (Å²) in [6.45, 7) is 7.19. The zero-order valence-electron chi connectivity index (χ0n) is 12.6. The van der Waals surface area contributed by atoms with E-state index >= 15 is 0 Å². The van der Waals surface area contributed by atoms with Crippen molar-refractivity contribution in [3.8, 4) is 0 Å². The van der Waals surface area contributed by atoms with Gasteiger partial charge in [-0.15, -0.1) is 11.3 Å². The van der Waals surface area contributed by atoms with Crippen LogP contribution in [0.4, 0.5) is 0 Å². The molecule has 3 heteroatoms. The average Bonchev–Trinajstić information content (AvgIpc) is 2.90. The maximum atomic E-state index is 9.19. The summed E-state index contributed by atoms with van der Waals surface area (Å²) in [6.07, 6.45) is 2.43. The van der Waals surface area contributed by atoms with E-state index in [2.05, 4.69) is 56.4 Å². The molecule has 0 aliphatic heterocycles. The first kappa shape index (κ1) is 15.5. The molecular weight excluding hydrogens is 280 g/mol.